The van der Waals surface area contributed by atoms with Crippen LogP contribution in [0.4, 0.5) is 5.69 Å². The Morgan fingerprint density at radius 2 is 1.66 bits per heavy atom. The highest BCUT2D eigenvalue weighted by Crippen LogP contribution is 2.27. The van der Waals surface area contributed by atoms with Gasteiger partial charge in [0.25, 0.3) is 5.91 Å². The molecule has 2 aliphatic heterocycles. The van der Waals surface area contributed by atoms with Gasteiger partial charge < -0.3 is 14.7 Å². The van der Waals surface area contributed by atoms with Crippen LogP contribution in [0.3, 0.4) is 0 Å². The van der Waals surface area contributed by atoms with E-state index in [0.717, 1.165) is 13.1 Å². The zero-order valence-electron chi connectivity index (χ0n) is 17.0. The van der Waals surface area contributed by atoms with Crippen LogP contribution in [0, 0.1) is 13.8 Å². The van der Waals surface area contributed by atoms with Crippen LogP contribution in [-0.4, -0.2) is 65.5 Å². The Morgan fingerprint density at radius 1 is 0.931 bits per heavy atom. The van der Waals surface area contributed by atoms with Gasteiger partial charge in [0.2, 0.25) is 5.91 Å². The average Bonchev–Trinajstić information content (AvgIpc) is 3.25. The normalized spacial score (nSPS) is 19.5. The van der Waals surface area contributed by atoms with Crippen molar-refractivity contribution in [1.29, 1.82) is 0 Å². The lowest BCUT2D eigenvalue weighted by Crippen LogP contribution is -2.55. The van der Waals surface area contributed by atoms with Crippen LogP contribution in [-0.2, 0) is 4.79 Å². The highest BCUT2D eigenvalue weighted by atomic mass is 32.2. The van der Waals surface area contributed by atoms with Gasteiger partial charge in [0, 0.05) is 43.2 Å². The van der Waals surface area contributed by atoms with Gasteiger partial charge in [-0.15, -0.1) is 11.8 Å². The Bertz CT molecular complexity index is 894. The second-order valence-corrected chi connectivity index (χ2v) is 8.69. The summed E-state index contributed by atoms with van der Waals surface area (Å²) in [7, 11) is 0. The third-order valence-electron chi connectivity index (χ3n) is 5.96. The summed E-state index contributed by atoms with van der Waals surface area (Å²) in [5, 5.41) is 0. The lowest BCUT2D eigenvalue weighted by atomic mass is 10.1. The van der Waals surface area contributed by atoms with Crippen molar-refractivity contribution in [2.45, 2.75) is 19.9 Å². The lowest BCUT2D eigenvalue weighted by molar-refractivity contribution is -0.135. The van der Waals surface area contributed by atoms with E-state index in [1.54, 1.807) is 16.7 Å². The molecule has 2 saturated heterocycles. The minimum atomic E-state index is -0.361. The molecule has 152 valence electrons. The van der Waals surface area contributed by atoms with Crippen molar-refractivity contribution in [3.8, 4) is 0 Å². The molecule has 2 fully saturated rings. The number of carbonyl (C=O) groups is 2. The molecule has 1 atom stereocenters. The highest BCUT2D eigenvalue weighted by Gasteiger charge is 2.38. The molecule has 5 nitrogen and oxygen atoms in total. The molecule has 6 heteroatoms. The molecule has 0 aliphatic carbocycles. The molecule has 2 aromatic carbocycles. The number of carbonyl (C=O) groups excluding carboxylic acids is 2. The van der Waals surface area contributed by atoms with E-state index in [9.17, 15) is 9.59 Å². The minimum absolute atomic E-state index is 0.0528. The first-order valence-electron chi connectivity index (χ1n) is 10.1. The summed E-state index contributed by atoms with van der Waals surface area (Å²) in [5.74, 6) is 1.28. The Morgan fingerprint density at radius 3 is 2.38 bits per heavy atom. The van der Waals surface area contributed by atoms with E-state index in [-0.39, 0.29) is 17.9 Å². The summed E-state index contributed by atoms with van der Waals surface area (Å²) in [6, 6.07) is 15.3. The molecule has 2 heterocycles. The molecule has 0 radical (unpaired) electrons. The fraction of sp³-hybridized carbons (Fsp3) is 0.391. The summed E-state index contributed by atoms with van der Waals surface area (Å²) >= 11 is 1.65. The van der Waals surface area contributed by atoms with Gasteiger partial charge in [0.05, 0.1) is 5.88 Å². The monoisotopic (exact) mass is 409 g/mol. The lowest BCUT2D eigenvalue weighted by Gasteiger charge is -2.38. The van der Waals surface area contributed by atoms with Gasteiger partial charge in [-0.2, -0.15) is 0 Å². The van der Waals surface area contributed by atoms with Crippen LogP contribution in [0.2, 0.25) is 0 Å². The van der Waals surface area contributed by atoms with Gasteiger partial charge in [0.1, 0.15) is 6.04 Å². The number of hydrogen-bond acceptors (Lipinski definition) is 4. The molecule has 0 N–H and O–H groups in total. The van der Waals surface area contributed by atoms with Gasteiger partial charge in [0.15, 0.2) is 0 Å². The second-order valence-electron chi connectivity index (χ2n) is 7.69. The quantitative estimate of drug-likeness (QED) is 0.781. The van der Waals surface area contributed by atoms with Crippen LogP contribution in [0.15, 0.2) is 48.5 Å². The third-order valence-corrected chi connectivity index (χ3v) is 6.97. The topological polar surface area (TPSA) is 43.9 Å². The van der Waals surface area contributed by atoms with Gasteiger partial charge >= 0.3 is 0 Å². The first-order chi connectivity index (χ1) is 14.1. The molecule has 2 amide bonds. The minimum Gasteiger partial charge on any atom is -0.368 e. The van der Waals surface area contributed by atoms with E-state index < -0.39 is 0 Å². The number of hydrogen-bond donors (Lipinski definition) is 0. The van der Waals surface area contributed by atoms with Crippen molar-refractivity contribution in [1.82, 2.24) is 9.80 Å². The van der Waals surface area contributed by atoms with Crippen LogP contribution >= 0.6 is 11.8 Å². The zero-order valence-corrected chi connectivity index (χ0v) is 17.8. The number of rotatable bonds is 3. The van der Waals surface area contributed by atoms with Crippen molar-refractivity contribution in [3.05, 3.63) is 65.2 Å². The van der Waals surface area contributed by atoms with Crippen LogP contribution < -0.4 is 4.90 Å². The molecule has 2 aromatic rings. The summed E-state index contributed by atoms with van der Waals surface area (Å²) in [5.41, 5.74) is 4.50. The second kappa shape index (κ2) is 8.49. The summed E-state index contributed by atoms with van der Waals surface area (Å²) in [6.07, 6.45) is 0. The van der Waals surface area contributed by atoms with Gasteiger partial charge in [-0.3, -0.25) is 9.59 Å². The molecular weight excluding hydrogens is 382 g/mol. The summed E-state index contributed by atoms with van der Waals surface area (Å²) < 4.78 is 0. The van der Waals surface area contributed by atoms with Gasteiger partial charge in [-0.25, -0.2) is 0 Å². The van der Waals surface area contributed by atoms with Crippen molar-refractivity contribution in [2.75, 3.05) is 42.7 Å². The van der Waals surface area contributed by atoms with E-state index in [0.29, 0.717) is 30.3 Å². The van der Waals surface area contributed by atoms with E-state index in [4.69, 9.17) is 0 Å². The van der Waals surface area contributed by atoms with E-state index >= 15 is 0 Å². The summed E-state index contributed by atoms with van der Waals surface area (Å²) in [6.45, 7) is 7.33. The summed E-state index contributed by atoms with van der Waals surface area (Å²) in [4.78, 5) is 32.1. The van der Waals surface area contributed by atoms with Gasteiger partial charge in [-0.05, 0) is 43.2 Å². The first kappa shape index (κ1) is 19.8. The van der Waals surface area contributed by atoms with E-state index in [1.165, 1.54) is 16.8 Å². The molecule has 0 bridgehead atoms. The Labute approximate surface area is 176 Å². The molecule has 0 spiro atoms. The van der Waals surface area contributed by atoms with E-state index in [1.807, 2.05) is 35.2 Å². The highest BCUT2D eigenvalue weighted by molar-refractivity contribution is 7.99. The predicted molar refractivity (Wildman–Crippen MR) is 118 cm³/mol. The average molecular weight is 410 g/mol. The molecule has 29 heavy (non-hydrogen) atoms. The standard InChI is InChI=1S/C23H27N3O2S/c1-17-7-6-10-20(18(17)2)24-11-13-25(14-12-24)23(28)21-15-29-16-26(21)22(27)19-8-4-3-5-9-19/h3-10,21H,11-16H2,1-2H3. The number of amides is 2. The maximum Gasteiger partial charge on any atom is 0.255 e. The smallest absolute Gasteiger partial charge is 0.255 e. The first-order valence-corrected chi connectivity index (χ1v) is 11.3. The molecule has 0 saturated carbocycles. The Kier molecular flexibility index (Phi) is 5.81. The van der Waals surface area contributed by atoms with Crippen molar-refractivity contribution in [2.24, 2.45) is 0 Å². The van der Waals surface area contributed by atoms with Gasteiger partial charge in [-0.1, -0.05) is 30.3 Å². The number of nitrogens with zero attached hydrogens (tertiary/aromatic N) is 3. The molecule has 4 rings (SSSR count). The molecule has 0 aromatic heterocycles. The van der Waals surface area contributed by atoms with E-state index in [2.05, 4.69) is 36.9 Å². The third kappa shape index (κ3) is 3.99. The number of piperazine rings is 1. The Hall–Kier alpha value is -2.47. The number of aryl methyl sites for hydroxylation is 1. The SMILES string of the molecule is Cc1cccc(N2CCN(C(=O)C3CSCN3C(=O)c3ccccc3)CC2)c1C. The van der Waals surface area contributed by atoms with Crippen LogP contribution in [0.5, 0.6) is 0 Å². The fourth-order valence-electron chi connectivity index (χ4n) is 4.05. The number of thioether (sulfide) groups is 1. The zero-order chi connectivity index (χ0) is 20.4. The van der Waals surface area contributed by atoms with Crippen molar-refractivity contribution < 1.29 is 9.59 Å². The number of anilines is 1. The van der Waals surface area contributed by atoms with Crippen molar-refractivity contribution in [3.63, 3.8) is 0 Å². The number of benzene rings is 2. The maximum atomic E-state index is 13.2. The molecule has 1 unspecified atom stereocenters. The largest absolute Gasteiger partial charge is 0.368 e. The maximum absolute atomic E-state index is 13.2. The Balaban J connectivity index is 1.41. The molecular formula is C23H27N3O2S. The van der Waals surface area contributed by atoms with Crippen molar-refractivity contribution >= 4 is 29.3 Å². The van der Waals surface area contributed by atoms with Crippen LogP contribution in [0.1, 0.15) is 21.5 Å². The predicted octanol–water partition coefficient (Wildman–Crippen LogP) is 3.17. The van der Waals surface area contributed by atoms with Crippen LogP contribution in [0.25, 0.3) is 0 Å². The fourth-order valence-corrected chi connectivity index (χ4v) is 5.20. The molecule has 2 aliphatic rings.